The Morgan fingerprint density at radius 1 is 1.17 bits per heavy atom. The summed E-state index contributed by atoms with van der Waals surface area (Å²) in [6.07, 6.45) is 4.64. The zero-order valence-corrected chi connectivity index (χ0v) is 12.7. The molecular weight excluding hydrogens is 224 g/mol. The van der Waals surface area contributed by atoms with Gasteiger partial charge in [0.05, 0.1) is 6.61 Å². The lowest BCUT2D eigenvalue weighted by atomic mass is 9.75. The third-order valence-corrected chi connectivity index (χ3v) is 4.40. The maximum atomic E-state index is 9.12. The predicted octanol–water partition coefficient (Wildman–Crippen LogP) is 2.23. The first-order chi connectivity index (χ1) is 8.24. The standard InChI is InChI=1S/C15H32N2O/c1-14(2,3)13-6-10-17(11-7-13)9-5-8-15(4,16)12-18/h13,18H,5-12,16H2,1-4H3. The molecule has 0 radical (unpaired) electrons. The molecule has 0 amide bonds. The van der Waals surface area contributed by atoms with Gasteiger partial charge in [-0.15, -0.1) is 0 Å². The van der Waals surface area contributed by atoms with Gasteiger partial charge in [-0.05, 0) is 63.6 Å². The maximum absolute atomic E-state index is 9.12. The number of nitrogens with two attached hydrogens (primary N) is 1. The van der Waals surface area contributed by atoms with Gasteiger partial charge in [0, 0.05) is 5.54 Å². The highest BCUT2D eigenvalue weighted by Gasteiger charge is 2.28. The molecule has 1 unspecified atom stereocenters. The lowest BCUT2D eigenvalue weighted by Gasteiger charge is -2.39. The zero-order chi connectivity index (χ0) is 13.8. The van der Waals surface area contributed by atoms with E-state index in [4.69, 9.17) is 10.8 Å². The van der Waals surface area contributed by atoms with E-state index in [0.29, 0.717) is 5.41 Å². The van der Waals surface area contributed by atoms with Crippen LogP contribution in [0.2, 0.25) is 0 Å². The summed E-state index contributed by atoms with van der Waals surface area (Å²) in [5.74, 6) is 0.867. The minimum Gasteiger partial charge on any atom is -0.394 e. The van der Waals surface area contributed by atoms with E-state index in [-0.39, 0.29) is 6.61 Å². The van der Waals surface area contributed by atoms with E-state index in [0.717, 1.165) is 25.3 Å². The average molecular weight is 256 g/mol. The Morgan fingerprint density at radius 2 is 1.72 bits per heavy atom. The van der Waals surface area contributed by atoms with Crippen LogP contribution in [0.1, 0.15) is 53.4 Å². The molecule has 0 bridgehead atoms. The lowest BCUT2D eigenvalue weighted by Crippen LogP contribution is -2.42. The van der Waals surface area contributed by atoms with Crippen LogP contribution in [-0.2, 0) is 0 Å². The van der Waals surface area contributed by atoms with Gasteiger partial charge in [0.15, 0.2) is 0 Å². The molecule has 0 saturated carbocycles. The summed E-state index contributed by atoms with van der Waals surface area (Å²) in [6, 6.07) is 0. The van der Waals surface area contributed by atoms with Crippen molar-refractivity contribution in [3.63, 3.8) is 0 Å². The molecule has 3 N–H and O–H groups in total. The number of aliphatic hydroxyl groups excluding tert-OH is 1. The van der Waals surface area contributed by atoms with Crippen molar-refractivity contribution in [3.05, 3.63) is 0 Å². The largest absolute Gasteiger partial charge is 0.394 e. The number of rotatable bonds is 5. The SMILES string of the molecule is CC(N)(CO)CCCN1CCC(C(C)(C)C)CC1. The van der Waals surface area contributed by atoms with Gasteiger partial charge in [-0.1, -0.05) is 20.8 Å². The minimum atomic E-state index is -0.399. The first-order valence-corrected chi connectivity index (χ1v) is 7.37. The molecule has 1 aliphatic rings. The number of hydrogen-bond acceptors (Lipinski definition) is 3. The van der Waals surface area contributed by atoms with Gasteiger partial charge >= 0.3 is 0 Å². The Labute approximate surface area is 113 Å². The van der Waals surface area contributed by atoms with E-state index in [9.17, 15) is 0 Å². The summed E-state index contributed by atoms with van der Waals surface area (Å²) >= 11 is 0. The Kier molecular flexibility index (Phi) is 5.63. The molecule has 0 aliphatic carbocycles. The molecule has 108 valence electrons. The van der Waals surface area contributed by atoms with E-state index in [1.807, 2.05) is 6.92 Å². The van der Waals surface area contributed by atoms with Gasteiger partial charge in [0.25, 0.3) is 0 Å². The third-order valence-electron chi connectivity index (χ3n) is 4.40. The van der Waals surface area contributed by atoms with Crippen molar-refractivity contribution in [3.8, 4) is 0 Å². The van der Waals surface area contributed by atoms with Crippen molar-refractivity contribution in [1.82, 2.24) is 4.90 Å². The molecule has 0 spiro atoms. The van der Waals surface area contributed by atoms with Crippen LogP contribution in [0.4, 0.5) is 0 Å². The van der Waals surface area contributed by atoms with Crippen LogP contribution in [0.3, 0.4) is 0 Å². The second kappa shape index (κ2) is 6.36. The summed E-state index contributed by atoms with van der Waals surface area (Å²) in [5, 5.41) is 9.12. The van der Waals surface area contributed by atoms with Gasteiger partial charge in [0.1, 0.15) is 0 Å². The molecule has 1 atom stereocenters. The van der Waals surface area contributed by atoms with Crippen LogP contribution in [0, 0.1) is 11.3 Å². The van der Waals surface area contributed by atoms with Crippen LogP contribution >= 0.6 is 0 Å². The second-order valence-corrected chi connectivity index (χ2v) is 7.40. The fraction of sp³-hybridized carbons (Fsp3) is 1.00. The number of aliphatic hydroxyl groups is 1. The highest BCUT2D eigenvalue weighted by atomic mass is 16.3. The van der Waals surface area contributed by atoms with E-state index < -0.39 is 5.54 Å². The lowest BCUT2D eigenvalue weighted by molar-refractivity contribution is 0.108. The van der Waals surface area contributed by atoms with Crippen LogP contribution < -0.4 is 5.73 Å². The Balaban J connectivity index is 2.20. The van der Waals surface area contributed by atoms with Gasteiger partial charge < -0.3 is 15.7 Å². The van der Waals surface area contributed by atoms with Crippen LogP contribution in [0.5, 0.6) is 0 Å². The number of piperidine rings is 1. The van der Waals surface area contributed by atoms with Crippen molar-refractivity contribution in [2.24, 2.45) is 17.1 Å². The van der Waals surface area contributed by atoms with Crippen LogP contribution in [0.15, 0.2) is 0 Å². The molecule has 1 rings (SSSR count). The van der Waals surface area contributed by atoms with Crippen LogP contribution in [0.25, 0.3) is 0 Å². The second-order valence-electron chi connectivity index (χ2n) is 7.40. The van der Waals surface area contributed by atoms with Gasteiger partial charge in [0.2, 0.25) is 0 Å². The molecule has 1 aliphatic heterocycles. The highest BCUT2D eigenvalue weighted by Crippen LogP contribution is 2.34. The molecule has 1 heterocycles. The molecule has 0 aromatic heterocycles. The summed E-state index contributed by atoms with van der Waals surface area (Å²) in [5.41, 5.74) is 6.00. The highest BCUT2D eigenvalue weighted by molar-refractivity contribution is 4.82. The maximum Gasteiger partial charge on any atom is 0.0608 e. The molecule has 3 heteroatoms. The van der Waals surface area contributed by atoms with Gasteiger partial charge in [-0.3, -0.25) is 0 Å². The average Bonchev–Trinajstić information content (AvgIpc) is 2.28. The van der Waals surface area contributed by atoms with Gasteiger partial charge in [-0.2, -0.15) is 0 Å². The van der Waals surface area contributed by atoms with E-state index in [1.165, 1.54) is 25.9 Å². The summed E-state index contributed by atoms with van der Waals surface area (Å²) < 4.78 is 0. The van der Waals surface area contributed by atoms with Crippen LogP contribution in [-0.4, -0.2) is 41.8 Å². The molecule has 1 saturated heterocycles. The Bertz CT molecular complexity index is 237. The molecular formula is C15H32N2O. The van der Waals surface area contributed by atoms with Crippen molar-refractivity contribution >= 4 is 0 Å². The van der Waals surface area contributed by atoms with Gasteiger partial charge in [-0.25, -0.2) is 0 Å². The molecule has 0 aromatic carbocycles. The normalized spacial score (nSPS) is 23.0. The monoisotopic (exact) mass is 256 g/mol. The molecule has 1 fully saturated rings. The first-order valence-electron chi connectivity index (χ1n) is 7.37. The first kappa shape index (κ1) is 15.9. The predicted molar refractivity (Wildman–Crippen MR) is 77.5 cm³/mol. The van der Waals surface area contributed by atoms with Crippen molar-refractivity contribution < 1.29 is 5.11 Å². The smallest absolute Gasteiger partial charge is 0.0608 e. The molecule has 0 aromatic rings. The Morgan fingerprint density at radius 3 is 2.17 bits per heavy atom. The Hall–Kier alpha value is -0.120. The topological polar surface area (TPSA) is 49.5 Å². The number of hydrogen-bond donors (Lipinski definition) is 2. The third kappa shape index (κ3) is 5.25. The molecule has 18 heavy (non-hydrogen) atoms. The summed E-state index contributed by atoms with van der Waals surface area (Å²) in [7, 11) is 0. The summed E-state index contributed by atoms with van der Waals surface area (Å²) in [4.78, 5) is 2.55. The number of likely N-dealkylation sites (tertiary alicyclic amines) is 1. The fourth-order valence-corrected chi connectivity index (χ4v) is 2.81. The zero-order valence-electron chi connectivity index (χ0n) is 12.7. The van der Waals surface area contributed by atoms with E-state index >= 15 is 0 Å². The van der Waals surface area contributed by atoms with Crippen molar-refractivity contribution in [2.45, 2.75) is 58.9 Å². The van der Waals surface area contributed by atoms with E-state index in [2.05, 4.69) is 25.7 Å². The number of nitrogens with zero attached hydrogens (tertiary/aromatic N) is 1. The fourth-order valence-electron chi connectivity index (χ4n) is 2.81. The van der Waals surface area contributed by atoms with Crippen molar-refractivity contribution in [1.29, 1.82) is 0 Å². The van der Waals surface area contributed by atoms with Crippen molar-refractivity contribution in [2.75, 3.05) is 26.2 Å². The van der Waals surface area contributed by atoms with E-state index in [1.54, 1.807) is 0 Å². The minimum absolute atomic E-state index is 0.0824. The molecule has 3 nitrogen and oxygen atoms in total. The summed E-state index contributed by atoms with van der Waals surface area (Å²) in [6.45, 7) is 12.7. The quantitative estimate of drug-likeness (QED) is 0.793.